The molecule has 0 saturated carbocycles. The molecule has 0 radical (unpaired) electrons. The fraction of sp³-hybridized carbons (Fsp3) is 0. The molecule has 20 heavy (non-hydrogen) atoms. The van der Waals surface area contributed by atoms with Crippen LogP contribution in [0.5, 0.6) is 5.75 Å². The standard InChI is InChI=1S/C13H8ClN3O3/c14-8-4-2-1-3-6(8)10-11(18)9-7(5-15-10)12(19)16-17-13(9)20/h1-5,18H,(H,16,19)(H,17,20). The summed E-state index contributed by atoms with van der Waals surface area (Å²) in [5, 5.41) is 14.9. The molecule has 1 aromatic carbocycles. The molecular formula is C13H8ClN3O3. The normalized spacial score (nSPS) is 10.8. The van der Waals surface area contributed by atoms with Gasteiger partial charge in [-0.25, -0.2) is 0 Å². The summed E-state index contributed by atoms with van der Waals surface area (Å²) in [5.74, 6) is -0.372. The quantitative estimate of drug-likeness (QED) is 0.634. The Labute approximate surface area is 116 Å². The largest absolute Gasteiger partial charge is 0.505 e. The van der Waals surface area contributed by atoms with Gasteiger partial charge in [-0.3, -0.25) is 24.8 Å². The summed E-state index contributed by atoms with van der Waals surface area (Å²) in [6.45, 7) is 0. The fourth-order valence-corrected chi connectivity index (χ4v) is 2.22. The zero-order valence-electron chi connectivity index (χ0n) is 9.98. The van der Waals surface area contributed by atoms with Crippen LogP contribution in [0.2, 0.25) is 5.02 Å². The molecule has 2 aromatic heterocycles. The van der Waals surface area contributed by atoms with Crippen LogP contribution in [0.15, 0.2) is 40.1 Å². The predicted molar refractivity (Wildman–Crippen MR) is 75.1 cm³/mol. The van der Waals surface area contributed by atoms with E-state index in [1.165, 1.54) is 6.20 Å². The molecule has 0 saturated heterocycles. The van der Waals surface area contributed by atoms with E-state index >= 15 is 0 Å². The molecule has 0 spiro atoms. The van der Waals surface area contributed by atoms with Crippen molar-refractivity contribution in [3.05, 3.63) is 56.2 Å². The molecule has 6 nitrogen and oxygen atoms in total. The van der Waals surface area contributed by atoms with E-state index in [0.29, 0.717) is 10.6 Å². The van der Waals surface area contributed by atoms with E-state index in [9.17, 15) is 14.7 Å². The highest BCUT2D eigenvalue weighted by molar-refractivity contribution is 6.33. The van der Waals surface area contributed by atoms with Crippen LogP contribution < -0.4 is 11.1 Å². The van der Waals surface area contributed by atoms with Crippen molar-refractivity contribution in [2.45, 2.75) is 0 Å². The average Bonchev–Trinajstić information content (AvgIpc) is 2.44. The van der Waals surface area contributed by atoms with Gasteiger partial charge >= 0.3 is 0 Å². The number of pyridine rings is 1. The molecule has 0 fully saturated rings. The lowest BCUT2D eigenvalue weighted by atomic mass is 10.1. The highest BCUT2D eigenvalue weighted by Gasteiger charge is 2.16. The maximum Gasteiger partial charge on any atom is 0.274 e. The first kappa shape index (κ1) is 12.4. The molecule has 0 atom stereocenters. The Kier molecular flexibility index (Phi) is 2.80. The first-order valence-electron chi connectivity index (χ1n) is 5.67. The first-order chi connectivity index (χ1) is 9.59. The second kappa shape index (κ2) is 4.50. The zero-order valence-corrected chi connectivity index (χ0v) is 10.7. The lowest BCUT2D eigenvalue weighted by molar-refractivity contribution is 0.481. The molecule has 0 aliphatic heterocycles. The lowest BCUT2D eigenvalue weighted by Gasteiger charge is -2.07. The highest BCUT2D eigenvalue weighted by Crippen LogP contribution is 2.34. The van der Waals surface area contributed by atoms with Crippen molar-refractivity contribution in [3.8, 4) is 17.0 Å². The second-order valence-corrected chi connectivity index (χ2v) is 4.54. The van der Waals surface area contributed by atoms with Crippen LogP contribution in [0.25, 0.3) is 22.0 Å². The molecule has 0 bridgehead atoms. The van der Waals surface area contributed by atoms with Gasteiger partial charge in [0.05, 0.1) is 15.8 Å². The Morgan fingerprint density at radius 2 is 1.80 bits per heavy atom. The highest BCUT2D eigenvalue weighted by atomic mass is 35.5. The number of aromatic amines is 2. The second-order valence-electron chi connectivity index (χ2n) is 4.13. The van der Waals surface area contributed by atoms with Crippen molar-refractivity contribution in [1.82, 2.24) is 15.2 Å². The van der Waals surface area contributed by atoms with Crippen LogP contribution in [0.1, 0.15) is 0 Å². The number of halogens is 1. The third-order valence-electron chi connectivity index (χ3n) is 2.94. The topological polar surface area (TPSA) is 98.8 Å². The molecule has 0 aliphatic carbocycles. The molecule has 0 amide bonds. The van der Waals surface area contributed by atoms with Crippen molar-refractivity contribution < 1.29 is 5.11 Å². The minimum absolute atomic E-state index is 0.0158. The molecular weight excluding hydrogens is 282 g/mol. The molecule has 0 unspecified atom stereocenters. The molecule has 0 aliphatic rings. The number of hydrogen-bond acceptors (Lipinski definition) is 4. The number of nitrogens with one attached hydrogen (secondary N) is 2. The molecule has 3 N–H and O–H groups in total. The van der Waals surface area contributed by atoms with Crippen LogP contribution >= 0.6 is 11.6 Å². The van der Waals surface area contributed by atoms with Gasteiger partial charge in [-0.1, -0.05) is 29.8 Å². The Morgan fingerprint density at radius 1 is 1.10 bits per heavy atom. The minimum Gasteiger partial charge on any atom is -0.505 e. The number of aromatic nitrogens is 3. The van der Waals surface area contributed by atoms with Gasteiger partial charge in [0.1, 0.15) is 5.69 Å². The van der Waals surface area contributed by atoms with E-state index in [-0.39, 0.29) is 22.2 Å². The number of fused-ring (bicyclic) bond motifs is 1. The summed E-state index contributed by atoms with van der Waals surface area (Å²) < 4.78 is 0. The third kappa shape index (κ3) is 1.78. The van der Waals surface area contributed by atoms with E-state index in [1.807, 2.05) is 0 Å². The van der Waals surface area contributed by atoms with Crippen molar-refractivity contribution in [1.29, 1.82) is 0 Å². The molecule has 3 aromatic rings. The van der Waals surface area contributed by atoms with Gasteiger partial charge in [0.2, 0.25) is 0 Å². The summed E-state index contributed by atoms with van der Waals surface area (Å²) in [5.41, 5.74) is -0.506. The summed E-state index contributed by atoms with van der Waals surface area (Å²) in [6, 6.07) is 6.78. The average molecular weight is 290 g/mol. The summed E-state index contributed by atoms with van der Waals surface area (Å²) in [7, 11) is 0. The van der Waals surface area contributed by atoms with Gasteiger partial charge in [0.25, 0.3) is 11.1 Å². The van der Waals surface area contributed by atoms with E-state index < -0.39 is 11.1 Å². The fourth-order valence-electron chi connectivity index (χ4n) is 2.00. The third-order valence-corrected chi connectivity index (χ3v) is 3.27. The number of hydrogen-bond donors (Lipinski definition) is 3. The van der Waals surface area contributed by atoms with Gasteiger partial charge in [0, 0.05) is 11.8 Å². The Hall–Kier alpha value is -2.60. The van der Waals surface area contributed by atoms with Crippen LogP contribution in [0.4, 0.5) is 0 Å². The number of aromatic hydroxyl groups is 1. The maximum atomic E-state index is 11.8. The summed E-state index contributed by atoms with van der Waals surface area (Å²) in [6.07, 6.45) is 1.24. The predicted octanol–water partition coefficient (Wildman–Crippen LogP) is 1.64. The molecule has 2 heterocycles. The van der Waals surface area contributed by atoms with E-state index in [0.717, 1.165) is 0 Å². The number of rotatable bonds is 1. The Morgan fingerprint density at radius 3 is 2.55 bits per heavy atom. The zero-order chi connectivity index (χ0) is 14.3. The van der Waals surface area contributed by atoms with Crippen LogP contribution in [0.3, 0.4) is 0 Å². The number of benzene rings is 1. The van der Waals surface area contributed by atoms with E-state index in [4.69, 9.17) is 11.6 Å². The van der Waals surface area contributed by atoms with Gasteiger partial charge in [0.15, 0.2) is 5.75 Å². The van der Waals surface area contributed by atoms with Gasteiger partial charge in [-0.2, -0.15) is 0 Å². The summed E-state index contributed by atoms with van der Waals surface area (Å²) >= 11 is 6.05. The molecule has 100 valence electrons. The van der Waals surface area contributed by atoms with Gasteiger partial charge in [-0.05, 0) is 6.07 Å². The Balaban J connectivity index is 2.44. The maximum absolute atomic E-state index is 11.8. The van der Waals surface area contributed by atoms with Crippen molar-refractivity contribution in [3.63, 3.8) is 0 Å². The summed E-state index contributed by atoms with van der Waals surface area (Å²) in [4.78, 5) is 27.4. The van der Waals surface area contributed by atoms with Crippen LogP contribution in [-0.4, -0.2) is 20.3 Å². The van der Waals surface area contributed by atoms with E-state index in [2.05, 4.69) is 15.2 Å². The van der Waals surface area contributed by atoms with Crippen molar-refractivity contribution in [2.75, 3.05) is 0 Å². The van der Waals surface area contributed by atoms with E-state index in [1.54, 1.807) is 24.3 Å². The van der Waals surface area contributed by atoms with Gasteiger partial charge < -0.3 is 5.11 Å². The van der Waals surface area contributed by atoms with Crippen LogP contribution in [-0.2, 0) is 0 Å². The minimum atomic E-state index is -0.604. The number of nitrogens with zero attached hydrogens (tertiary/aromatic N) is 1. The molecule has 7 heteroatoms. The van der Waals surface area contributed by atoms with Crippen molar-refractivity contribution in [2.24, 2.45) is 0 Å². The SMILES string of the molecule is O=c1[nH][nH]c(=O)c2c(O)c(-c3ccccc3Cl)ncc12. The van der Waals surface area contributed by atoms with Crippen molar-refractivity contribution >= 4 is 22.4 Å². The number of H-pyrrole nitrogens is 2. The molecule has 3 rings (SSSR count). The lowest BCUT2D eigenvalue weighted by Crippen LogP contribution is -2.19. The monoisotopic (exact) mass is 289 g/mol. The first-order valence-corrected chi connectivity index (χ1v) is 6.05. The van der Waals surface area contributed by atoms with Crippen LogP contribution in [0, 0.1) is 0 Å². The van der Waals surface area contributed by atoms with Gasteiger partial charge in [-0.15, -0.1) is 0 Å². The smallest absolute Gasteiger partial charge is 0.274 e. The Bertz CT molecular complexity index is 930.